The first-order valence-corrected chi connectivity index (χ1v) is 8.42. The van der Waals surface area contributed by atoms with Crippen molar-refractivity contribution >= 4 is 29.9 Å². The minimum atomic E-state index is 0. The van der Waals surface area contributed by atoms with E-state index in [0.717, 1.165) is 25.6 Å². The maximum absolute atomic E-state index is 4.72. The highest BCUT2D eigenvalue weighted by Gasteiger charge is 2.14. The minimum Gasteiger partial charge on any atom is -0.357 e. The van der Waals surface area contributed by atoms with E-state index in [1.54, 1.807) is 0 Å². The number of guanidine groups is 1. The van der Waals surface area contributed by atoms with Gasteiger partial charge in [0.15, 0.2) is 5.96 Å². The average Bonchev–Trinajstić information content (AvgIpc) is 2.47. The first-order chi connectivity index (χ1) is 9.67. The summed E-state index contributed by atoms with van der Waals surface area (Å²) in [5.41, 5.74) is 0. The third-order valence-electron chi connectivity index (χ3n) is 4.36. The molecule has 0 radical (unpaired) electrons. The van der Waals surface area contributed by atoms with Crippen LogP contribution in [0.3, 0.4) is 0 Å². The number of nitrogens with zero attached hydrogens (tertiary/aromatic N) is 2. The van der Waals surface area contributed by atoms with Crippen molar-refractivity contribution < 1.29 is 0 Å². The lowest BCUT2D eigenvalue weighted by Crippen LogP contribution is -2.44. The van der Waals surface area contributed by atoms with E-state index in [1.807, 2.05) is 0 Å². The lowest BCUT2D eigenvalue weighted by atomic mass is 9.96. The highest BCUT2D eigenvalue weighted by Crippen LogP contribution is 2.17. The van der Waals surface area contributed by atoms with Gasteiger partial charge in [0.25, 0.3) is 0 Å². The Morgan fingerprint density at radius 1 is 1.24 bits per heavy atom. The molecule has 0 aromatic heterocycles. The van der Waals surface area contributed by atoms with Crippen molar-refractivity contribution in [2.24, 2.45) is 4.99 Å². The molecule has 4 nitrogen and oxygen atoms in total. The number of halogens is 1. The lowest BCUT2D eigenvalue weighted by molar-refractivity contribution is 0.259. The molecule has 1 atom stereocenters. The Balaban J connectivity index is 0.00000400. The lowest BCUT2D eigenvalue weighted by Gasteiger charge is -2.25. The Hall–Kier alpha value is -0.0400. The molecular formula is C16H35IN4. The molecule has 21 heavy (non-hydrogen) atoms. The first-order valence-electron chi connectivity index (χ1n) is 8.42. The molecule has 1 unspecified atom stereocenters. The predicted octanol–water partition coefficient (Wildman–Crippen LogP) is 3.22. The van der Waals surface area contributed by atoms with Gasteiger partial charge in [-0.2, -0.15) is 0 Å². The summed E-state index contributed by atoms with van der Waals surface area (Å²) in [5, 5.41) is 6.96. The first kappa shape index (κ1) is 21.0. The third-order valence-corrected chi connectivity index (χ3v) is 4.36. The van der Waals surface area contributed by atoms with Crippen molar-refractivity contribution in [3.8, 4) is 0 Å². The van der Waals surface area contributed by atoms with Gasteiger partial charge in [-0.1, -0.05) is 26.2 Å². The van der Waals surface area contributed by atoms with Crippen LogP contribution >= 0.6 is 24.0 Å². The average molecular weight is 410 g/mol. The number of rotatable bonds is 7. The second-order valence-corrected chi connectivity index (χ2v) is 5.98. The second-order valence-electron chi connectivity index (χ2n) is 5.98. The van der Waals surface area contributed by atoms with Crippen molar-refractivity contribution in [1.29, 1.82) is 0 Å². The summed E-state index contributed by atoms with van der Waals surface area (Å²) in [7, 11) is 2.19. The van der Waals surface area contributed by atoms with Crippen LogP contribution in [0.25, 0.3) is 0 Å². The van der Waals surface area contributed by atoms with E-state index in [-0.39, 0.29) is 24.0 Å². The van der Waals surface area contributed by atoms with Crippen molar-refractivity contribution in [3.63, 3.8) is 0 Å². The van der Waals surface area contributed by atoms with Crippen molar-refractivity contribution in [1.82, 2.24) is 15.5 Å². The van der Waals surface area contributed by atoms with E-state index in [4.69, 9.17) is 4.99 Å². The standard InChI is InChI=1S/C16H34N4.HI/c1-5-14(3)20(4)13-12-18-16(17-6-2)19-15-10-8-7-9-11-15;/h14-15H,5-13H2,1-4H3,(H2,17,18,19);1H. The van der Waals surface area contributed by atoms with E-state index < -0.39 is 0 Å². The van der Waals surface area contributed by atoms with Crippen LogP contribution < -0.4 is 10.6 Å². The Labute approximate surface area is 148 Å². The Bertz CT molecular complexity index is 277. The largest absolute Gasteiger partial charge is 0.357 e. The molecule has 1 aliphatic carbocycles. The molecule has 5 heteroatoms. The van der Waals surface area contributed by atoms with Crippen LogP contribution in [0.4, 0.5) is 0 Å². The van der Waals surface area contributed by atoms with Crippen LogP contribution in [0.2, 0.25) is 0 Å². The maximum atomic E-state index is 4.72. The van der Waals surface area contributed by atoms with Gasteiger partial charge in [0.2, 0.25) is 0 Å². The molecule has 1 rings (SSSR count). The molecule has 0 saturated heterocycles. The van der Waals surface area contributed by atoms with Gasteiger partial charge in [-0.3, -0.25) is 4.99 Å². The van der Waals surface area contributed by atoms with E-state index >= 15 is 0 Å². The third kappa shape index (κ3) is 8.86. The van der Waals surface area contributed by atoms with Gasteiger partial charge in [-0.25, -0.2) is 0 Å². The summed E-state index contributed by atoms with van der Waals surface area (Å²) in [6.07, 6.45) is 7.88. The fourth-order valence-electron chi connectivity index (χ4n) is 2.61. The zero-order valence-corrected chi connectivity index (χ0v) is 16.7. The van der Waals surface area contributed by atoms with Crippen LogP contribution in [0, 0.1) is 0 Å². The van der Waals surface area contributed by atoms with Gasteiger partial charge in [0.05, 0.1) is 6.54 Å². The Morgan fingerprint density at radius 2 is 1.90 bits per heavy atom. The van der Waals surface area contributed by atoms with Crippen molar-refractivity contribution in [2.45, 2.75) is 71.4 Å². The molecule has 2 N–H and O–H groups in total. The van der Waals surface area contributed by atoms with E-state index in [9.17, 15) is 0 Å². The molecule has 0 heterocycles. The van der Waals surface area contributed by atoms with Gasteiger partial charge in [0.1, 0.15) is 0 Å². The molecule has 126 valence electrons. The molecule has 1 aliphatic rings. The van der Waals surface area contributed by atoms with E-state index in [2.05, 4.69) is 43.4 Å². The number of hydrogen-bond acceptors (Lipinski definition) is 2. The monoisotopic (exact) mass is 410 g/mol. The summed E-state index contributed by atoms with van der Waals surface area (Å²) in [6, 6.07) is 1.26. The van der Waals surface area contributed by atoms with Crippen molar-refractivity contribution in [3.05, 3.63) is 0 Å². The summed E-state index contributed by atoms with van der Waals surface area (Å²) in [6.45, 7) is 9.45. The fourth-order valence-corrected chi connectivity index (χ4v) is 2.61. The normalized spacial score (nSPS) is 18.2. The van der Waals surface area contributed by atoms with Gasteiger partial charge in [-0.15, -0.1) is 24.0 Å². The van der Waals surface area contributed by atoms with Crippen LogP contribution in [0.15, 0.2) is 4.99 Å². The van der Waals surface area contributed by atoms with Crippen molar-refractivity contribution in [2.75, 3.05) is 26.7 Å². The summed E-state index contributed by atoms with van der Waals surface area (Å²) < 4.78 is 0. The summed E-state index contributed by atoms with van der Waals surface area (Å²) in [4.78, 5) is 7.10. The van der Waals surface area contributed by atoms with E-state index in [0.29, 0.717) is 12.1 Å². The molecular weight excluding hydrogens is 375 g/mol. The Morgan fingerprint density at radius 3 is 2.48 bits per heavy atom. The summed E-state index contributed by atoms with van der Waals surface area (Å²) in [5.74, 6) is 0.997. The molecule has 0 aliphatic heterocycles. The zero-order valence-electron chi connectivity index (χ0n) is 14.3. The molecule has 0 amide bonds. The van der Waals surface area contributed by atoms with Gasteiger partial charge in [-0.05, 0) is 40.2 Å². The zero-order chi connectivity index (χ0) is 14.8. The van der Waals surface area contributed by atoms with Gasteiger partial charge in [0, 0.05) is 25.2 Å². The second kappa shape index (κ2) is 12.5. The predicted molar refractivity (Wildman–Crippen MR) is 104 cm³/mol. The van der Waals surface area contributed by atoms with E-state index in [1.165, 1.54) is 38.5 Å². The summed E-state index contributed by atoms with van der Waals surface area (Å²) >= 11 is 0. The maximum Gasteiger partial charge on any atom is 0.191 e. The molecule has 0 spiro atoms. The SMILES string of the molecule is CCNC(=NCCN(C)C(C)CC)NC1CCCCC1.I. The molecule has 0 aromatic rings. The van der Waals surface area contributed by atoms with Gasteiger partial charge < -0.3 is 15.5 Å². The topological polar surface area (TPSA) is 39.7 Å². The van der Waals surface area contributed by atoms with Crippen LogP contribution in [0.1, 0.15) is 59.3 Å². The number of likely N-dealkylation sites (N-methyl/N-ethyl adjacent to an activating group) is 1. The molecule has 1 saturated carbocycles. The molecule has 1 fully saturated rings. The molecule has 0 bridgehead atoms. The number of hydrogen-bond donors (Lipinski definition) is 2. The minimum absolute atomic E-state index is 0. The molecule has 0 aromatic carbocycles. The van der Waals surface area contributed by atoms with Crippen LogP contribution in [-0.2, 0) is 0 Å². The highest BCUT2D eigenvalue weighted by atomic mass is 127. The van der Waals surface area contributed by atoms with Crippen LogP contribution in [-0.4, -0.2) is 49.6 Å². The van der Waals surface area contributed by atoms with Gasteiger partial charge >= 0.3 is 0 Å². The highest BCUT2D eigenvalue weighted by molar-refractivity contribution is 14.0. The van der Waals surface area contributed by atoms with Crippen LogP contribution in [0.5, 0.6) is 0 Å². The number of aliphatic imine (C=N–C) groups is 1. The quantitative estimate of drug-likeness (QED) is 0.385. The fraction of sp³-hybridized carbons (Fsp3) is 0.938. The number of nitrogens with one attached hydrogen (secondary N) is 2. The Kier molecular flexibility index (Phi) is 12.5. The smallest absolute Gasteiger partial charge is 0.191 e.